The number of aliphatic carboxylic acids is 1. The number of benzene rings is 2. The molecule has 1 atom stereocenters. The predicted molar refractivity (Wildman–Crippen MR) is 101 cm³/mol. The zero-order valence-corrected chi connectivity index (χ0v) is 15.0. The first kappa shape index (κ1) is 18.7. The second-order valence-electron chi connectivity index (χ2n) is 5.63. The van der Waals surface area contributed by atoms with Crippen LogP contribution in [0.3, 0.4) is 0 Å². The minimum Gasteiger partial charge on any atom is -0.550 e. The van der Waals surface area contributed by atoms with Crippen LogP contribution in [0.25, 0.3) is 0 Å². The number of para-hydroxylation sites is 1. The molecule has 0 radical (unpaired) electrons. The van der Waals surface area contributed by atoms with Crippen LogP contribution >= 0.6 is 11.8 Å². The van der Waals surface area contributed by atoms with E-state index in [1.165, 1.54) is 6.21 Å². The molecule has 1 amide bonds. The lowest BCUT2D eigenvalue weighted by atomic mass is 10.2. The standard InChI is InChI=1S/C19H17N3O4S/c23-17(24)10-16-18(25)21-19(27-16)22-20-11-14-8-4-5-9-15(14)26-12-13-6-2-1-3-7-13/h1-9,11,16H,10,12H2,(H,23,24)(H,21,22,25)/p-1/b20-11-/t16-/m1/s1. The van der Waals surface area contributed by atoms with Crippen LogP contribution in [0.1, 0.15) is 17.5 Å². The number of rotatable bonds is 7. The number of amidine groups is 1. The van der Waals surface area contributed by atoms with Gasteiger partial charge in [-0.15, -0.1) is 5.10 Å². The van der Waals surface area contributed by atoms with Crippen molar-refractivity contribution in [2.24, 2.45) is 10.2 Å². The molecule has 0 unspecified atom stereocenters. The molecule has 27 heavy (non-hydrogen) atoms. The van der Waals surface area contributed by atoms with Crippen LogP contribution in [-0.2, 0) is 16.2 Å². The fraction of sp³-hybridized carbons (Fsp3) is 0.158. The lowest BCUT2D eigenvalue weighted by Crippen LogP contribution is -2.31. The van der Waals surface area contributed by atoms with Gasteiger partial charge in [0.2, 0.25) is 5.91 Å². The minimum absolute atomic E-state index is 0.255. The summed E-state index contributed by atoms with van der Waals surface area (Å²) >= 11 is 1.02. The number of carbonyl (C=O) groups excluding carboxylic acids is 2. The third kappa shape index (κ3) is 5.42. The average molecular weight is 382 g/mol. The minimum atomic E-state index is -1.28. The number of carboxylic acids is 1. The van der Waals surface area contributed by atoms with Gasteiger partial charge in [0, 0.05) is 18.0 Å². The Balaban J connectivity index is 1.64. The molecule has 3 rings (SSSR count). The molecule has 138 valence electrons. The number of thioether (sulfide) groups is 1. The maximum Gasteiger partial charge on any atom is 0.239 e. The molecule has 1 N–H and O–H groups in total. The molecule has 2 aromatic rings. The van der Waals surface area contributed by atoms with Crippen LogP contribution < -0.4 is 15.2 Å². The van der Waals surface area contributed by atoms with E-state index < -0.39 is 17.1 Å². The Morgan fingerprint density at radius 2 is 1.93 bits per heavy atom. The van der Waals surface area contributed by atoms with Crippen molar-refractivity contribution in [3.63, 3.8) is 0 Å². The lowest BCUT2D eigenvalue weighted by Gasteiger charge is -2.08. The highest BCUT2D eigenvalue weighted by Crippen LogP contribution is 2.22. The molecule has 1 aliphatic heterocycles. The Kier molecular flexibility index (Phi) is 6.22. The first-order valence-corrected chi connectivity index (χ1v) is 9.04. The van der Waals surface area contributed by atoms with Gasteiger partial charge in [0.1, 0.15) is 12.4 Å². The predicted octanol–water partition coefficient (Wildman–Crippen LogP) is 1.33. The lowest BCUT2D eigenvalue weighted by molar-refractivity contribution is -0.305. The zero-order chi connectivity index (χ0) is 19.1. The number of hydrogen-bond donors (Lipinski definition) is 1. The maximum absolute atomic E-state index is 11.7. The highest BCUT2D eigenvalue weighted by atomic mass is 32.2. The summed E-state index contributed by atoms with van der Waals surface area (Å²) in [5.74, 6) is -1.04. The van der Waals surface area contributed by atoms with Crippen LogP contribution in [0, 0.1) is 0 Å². The Hall–Kier alpha value is -3.13. The first-order valence-electron chi connectivity index (χ1n) is 8.16. The molecule has 1 fully saturated rings. The average Bonchev–Trinajstić information content (AvgIpc) is 3.00. The SMILES string of the molecule is O=C([O-])C[C@H]1S/C(=N\N=C/c2ccccc2OCc2ccccc2)NC1=O. The summed E-state index contributed by atoms with van der Waals surface area (Å²) in [6.07, 6.45) is 1.15. The fourth-order valence-corrected chi connectivity index (χ4v) is 3.24. The van der Waals surface area contributed by atoms with Crippen molar-refractivity contribution in [1.29, 1.82) is 0 Å². The summed E-state index contributed by atoms with van der Waals surface area (Å²) in [4.78, 5) is 22.3. The fourth-order valence-electron chi connectivity index (χ4n) is 2.34. The van der Waals surface area contributed by atoms with Gasteiger partial charge in [-0.3, -0.25) is 4.79 Å². The van der Waals surface area contributed by atoms with Crippen molar-refractivity contribution < 1.29 is 19.4 Å². The van der Waals surface area contributed by atoms with Crippen molar-refractivity contribution in [1.82, 2.24) is 5.32 Å². The molecule has 1 aliphatic rings. The number of nitrogens with one attached hydrogen (secondary N) is 1. The Bertz CT molecular complexity index is 884. The van der Waals surface area contributed by atoms with Crippen molar-refractivity contribution in [3.05, 3.63) is 65.7 Å². The van der Waals surface area contributed by atoms with E-state index in [2.05, 4.69) is 15.5 Å². The van der Waals surface area contributed by atoms with E-state index in [4.69, 9.17) is 4.74 Å². The van der Waals surface area contributed by atoms with E-state index in [1.807, 2.05) is 54.6 Å². The third-order valence-corrected chi connectivity index (χ3v) is 4.70. The van der Waals surface area contributed by atoms with E-state index in [1.54, 1.807) is 0 Å². The van der Waals surface area contributed by atoms with E-state index in [9.17, 15) is 14.7 Å². The summed E-state index contributed by atoms with van der Waals surface area (Å²) in [5, 5.41) is 20.5. The van der Waals surface area contributed by atoms with Gasteiger partial charge < -0.3 is 20.0 Å². The molecule has 0 saturated carbocycles. The first-order chi connectivity index (χ1) is 13.1. The summed E-state index contributed by atoms with van der Waals surface area (Å²) in [6, 6.07) is 17.2. The molecule has 0 aromatic heterocycles. The number of nitrogens with zero attached hydrogens (tertiary/aromatic N) is 2. The number of hydrogen-bond acceptors (Lipinski definition) is 7. The second kappa shape index (κ2) is 9.00. The van der Waals surface area contributed by atoms with E-state index >= 15 is 0 Å². The van der Waals surface area contributed by atoms with E-state index in [-0.39, 0.29) is 11.6 Å². The number of carbonyl (C=O) groups is 2. The van der Waals surface area contributed by atoms with Gasteiger partial charge in [-0.25, -0.2) is 0 Å². The molecule has 8 heteroatoms. The monoisotopic (exact) mass is 382 g/mol. The van der Waals surface area contributed by atoms with Crippen LogP contribution in [0.2, 0.25) is 0 Å². The zero-order valence-electron chi connectivity index (χ0n) is 14.2. The smallest absolute Gasteiger partial charge is 0.239 e. The van der Waals surface area contributed by atoms with Crippen molar-refractivity contribution in [2.75, 3.05) is 0 Å². The van der Waals surface area contributed by atoms with Crippen LogP contribution in [0.5, 0.6) is 5.75 Å². The molecule has 0 bridgehead atoms. The molecule has 0 spiro atoms. The summed E-state index contributed by atoms with van der Waals surface area (Å²) < 4.78 is 5.84. The van der Waals surface area contributed by atoms with Crippen LogP contribution in [0.15, 0.2) is 64.8 Å². The largest absolute Gasteiger partial charge is 0.550 e. The van der Waals surface area contributed by atoms with Gasteiger partial charge in [0.25, 0.3) is 0 Å². The van der Waals surface area contributed by atoms with Gasteiger partial charge in [-0.1, -0.05) is 54.2 Å². The molecule has 2 aromatic carbocycles. The topological polar surface area (TPSA) is 103 Å². The van der Waals surface area contributed by atoms with Gasteiger partial charge in [-0.05, 0) is 17.7 Å². The van der Waals surface area contributed by atoms with E-state index in [0.29, 0.717) is 12.4 Å². The third-order valence-electron chi connectivity index (χ3n) is 3.63. The highest BCUT2D eigenvalue weighted by Gasteiger charge is 2.30. The highest BCUT2D eigenvalue weighted by molar-refractivity contribution is 8.15. The molecule has 1 heterocycles. The van der Waals surface area contributed by atoms with Gasteiger partial charge in [-0.2, -0.15) is 5.10 Å². The van der Waals surface area contributed by atoms with Gasteiger partial charge in [0.05, 0.1) is 11.5 Å². The number of carboxylic acid groups (broad SMARTS) is 1. The van der Waals surface area contributed by atoms with Crippen LogP contribution in [-0.4, -0.2) is 28.5 Å². The summed E-state index contributed by atoms with van der Waals surface area (Å²) in [6.45, 7) is 0.428. The molecule has 7 nitrogen and oxygen atoms in total. The number of amides is 1. The van der Waals surface area contributed by atoms with Crippen LogP contribution in [0.4, 0.5) is 0 Å². The van der Waals surface area contributed by atoms with Gasteiger partial charge in [0.15, 0.2) is 5.17 Å². The molecular weight excluding hydrogens is 366 g/mol. The van der Waals surface area contributed by atoms with E-state index in [0.717, 1.165) is 22.9 Å². The molecular formula is C19H16N3O4S-. The Morgan fingerprint density at radius 3 is 2.70 bits per heavy atom. The van der Waals surface area contributed by atoms with Crippen molar-refractivity contribution in [3.8, 4) is 5.75 Å². The maximum atomic E-state index is 11.7. The Morgan fingerprint density at radius 1 is 1.19 bits per heavy atom. The van der Waals surface area contributed by atoms with Crippen molar-refractivity contribution >= 4 is 35.0 Å². The van der Waals surface area contributed by atoms with Gasteiger partial charge >= 0.3 is 0 Å². The summed E-state index contributed by atoms with van der Waals surface area (Å²) in [5.41, 5.74) is 1.78. The molecule has 0 aliphatic carbocycles. The Labute approximate surface area is 160 Å². The summed E-state index contributed by atoms with van der Waals surface area (Å²) in [7, 11) is 0. The normalized spacial score (nSPS) is 18.0. The quantitative estimate of drug-likeness (QED) is 0.575. The van der Waals surface area contributed by atoms with Crippen molar-refractivity contribution in [2.45, 2.75) is 18.3 Å². The number of ether oxygens (including phenoxy) is 1. The molecule has 1 saturated heterocycles. The second-order valence-corrected chi connectivity index (χ2v) is 6.83.